The van der Waals surface area contributed by atoms with Gasteiger partial charge in [0.05, 0.1) is 6.61 Å². The lowest BCUT2D eigenvalue weighted by molar-refractivity contribution is 0.154. The molecule has 3 heterocycles. The number of hydrogen-bond acceptors (Lipinski definition) is 6. The number of nitrogens with zero attached hydrogens (tertiary/aromatic N) is 2. The van der Waals surface area contributed by atoms with Gasteiger partial charge in [-0.2, -0.15) is 0 Å². The fourth-order valence-electron chi connectivity index (χ4n) is 3.27. The minimum Gasteiger partial charge on any atom is -0.381 e. The number of hydrogen-bond donors (Lipinski definition) is 2. The Morgan fingerprint density at radius 1 is 1.35 bits per heavy atom. The number of anilines is 1. The predicted molar refractivity (Wildman–Crippen MR) is 87.6 cm³/mol. The highest BCUT2D eigenvalue weighted by Crippen LogP contribution is 2.22. The lowest BCUT2D eigenvalue weighted by atomic mass is 10.0. The first-order valence-corrected chi connectivity index (χ1v) is 9.61. The van der Waals surface area contributed by atoms with E-state index >= 15 is 0 Å². The van der Waals surface area contributed by atoms with Crippen LogP contribution >= 0.6 is 0 Å². The van der Waals surface area contributed by atoms with Gasteiger partial charge in [0.25, 0.3) is 0 Å². The molecule has 2 aliphatic heterocycles. The van der Waals surface area contributed by atoms with Crippen LogP contribution in [0.5, 0.6) is 0 Å². The van der Waals surface area contributed by atoms with Gasteiger partial charge in [0, 0.05) is 38.5 Å². The molecule has 2 saturated heterocycles. The van der Waals surface area contributed by atoms with Crippen LogP contribution in [-0.4, -0.2) is 57.2 Å². The van der Waals surface area contributed by atoms with Crippen molar-refractivity contribution in [3.8, 4) is 0 Å². The Hall–Kier alpha value is -1.22. The molecule has 7 nitrogen and oxygen atoms in total. The molecule has 2 aliphatic rings. The second kappa shape index (κ2) is 7.12. The average molecular weight is 340 g/mol. The van der Waals surface area contributed by atoms with Crippen LogP contribution < -0.4 is 10.5 Å². The van der Waals surface area contributed by atoms with Crippen molar-refractivity contribution in [2.24, 2.45) is 11.1 Å². The third-order valence-corrected chi connectivity index (χ3v) is 5.49. The summed E-state index contributed by atoms with van der Waals surface area (Å²) in [6.45, 7) is 4.87. The maximum absolute atomic E-state index is 11.6. The van der Waals surface area contributed by atoms with Gasteiger partial charge in [-0.15, -0.1) is 0 Å². The molecule has 3 N–H and O–H groups in total. The zero-order valence-electron chi connectivity index (χ0n) is 13.1. The number of rotatable bonds is 5. The molecule has 0 aliphatic carbocycles. The summed E-state index contributed by atoms with van der Waals surface area (Å²) in [7, 11) is -3.76. The summed E-state index contributed by atoms with van der Waals surface area (Å²) in [5.74, 6) is 1.02. The summed E-state index contributed by atoms with van der Waals surface area (Å²) < 4.78 is 28.7. The van der Waals surface area contributed by atoms with Crippen LogP contribution in [0.4, 0.5) is 5.82 Å². The zero-order valence-corrected chi connectivity index (χ0v) is 14.0. The maximum Gasteiger partial charge on any atom is 0.241 e. The number of ether oxygens (including phenoxy) is 1. The number of piperidine rings is 1. The van der Waals surface area contributed by atoms with E-state index in [1.54, 1.807) is 12.3 Å². The molecule has 1 aromatic rings. The zero-order chi connectivity index (χ0) is 16.3. The van der Waals surface area contributed by atoms with E-state index in [-0.39, 0.29) is 10.9 Å². The van der Waals surface area contributed by atoms with Gasteiger partial charge < -0.3 is 15.0 Å². The third kappa shape index (κ3) is 4.41. The number of nitrogens with one attached hydrogen (secondary N) is 1. The molecule has 0 aromatic carbocycles. The molecular formula is C15H24N4O3S. The Bertz CT molecular complexity index is 623. The fourth-order valence-corrected chi connectivity index (χ4v) is 3.92. The van der Waals surface area contributed by atoms with Crippen molar-refractivity contribution in [1.82, 2.24) is 9.88 Å². The van der Waals surface area contributed by atoms with Crippen LogP contribution in [0, 0.1) is 5.92 Å². The van der Waals surface area contributed by atoms with Gasteiger partial charge in [0.1, 0.15) is 10.7 Å². The second-order valence-electron chi connectivity index (χ2n) is 6.34. The minimum atomic E-state index is -3.76. The second-order valence-corrected chi connectivity index (χ2v) is 7.87. The molecule has 0 spiro atoms. The highest BCUT2D eigenvalue weighted by atomic mass is 32.2. The monoisotopic (exact) mass is 340 g/mol. The molecule has 1 unspecified atom stereocenters. The van der Waals surface area contributed by atoms with Crippen molar-refractivity contribution in [3.05, 3.63) is 18.3 Å². The van der Waals surface area contributed by atoms with Crippen molar-refractivity contribution in [2.75, 3.05) is 38.2 Å². The molecule has 0 radical (unpaired) electrons. The first kappa shape index (κ1) is 16.6. The Labute approximate surface area is 137 Å². The summed E-state index contributed by atoms with van der Waals surface area (Å²) in [6.07, 6.45) is 4.67. The van der Waals surface area contributed by atoms with E-state index < -0.39 is 10.0 Å². The largest absolute Gasteiger partial charge is 0.381 e. The Kier molecular flexibility index (Phi) is 5.15. The van der Waals surface area contributed by atoms with Crippen LogP contribution in [-0.2, 0) is 14.8 Å². The highest BCUT2D eigenvalue weighted by Gasteiger charge is 2.25. The average Bonchev–Trinajstić information content (AvgIpc) is 3.02. The van der Waals surface area contributed by atoms with Gasteiger partial charge in [0.2, 0.25) is 10.0 Å². The standard InChI is InChI=1S/C15H24N4O3S/c16-23(20,21)14-2-1-6-17-15(14)18-13-3-7-19(8-4-13)10-12-5-9-22-11-12/h1-2,6,12-13H,3-5,7-11H2,(H,17,18)(H2,16,20,21). The predicted octanol–water partition coefficient (Wildman–Crippen LogP) is 0.642. The Morgan fingerprint density at radius 3 is 2.78 bits per heavy atom. The van der Waals surface area contributed by atoms with Crippen LogP contribution in [0.2, 0.25) is 0 Å². The summed E-state index contributed by atoms with van der Waals surface area (Å²) in [4.78, 5) is 6.67. The van der Waals surface area contributed by atoms with Crippen LogP contribution in [0.3, 0.4) is 0 Å². The van der Waals surface area contributed by atoms with Crippen molar-refractivity contribution in [2.45, 2.75) is 30.2 Å². The number of nitrogens with two attached hydrogens (primary N) is 1. The number of likely N-dealkylation sites (tertiary alicyclic amines) is 1. The van der Waals surface area contributed by atoms with E-state index in [0.717, 1.165) is 52.1 Å². The number of aromatic nitrogens is 1. The quantitative estimate of drug-likeness (QED) is 0.816. The molecule has 8 heteroatoms. The van der Waals surface area contributed by atoms with Gasteiger partial charge in [-0.25, -0.2) is 18.5 Å². The van der Waals surface area contributed by atoms with Crippen LogP contribution in [0.15, 0.2) is 23.2 Å². The summed E-state index contributed by atoms with van der Waals surface area (Å²) in [5.41, 5.74) is 0. The van der Waals surface area contributed by atoms with E-state index in [1.807, 2.05) is 0 Å². The van der Waals surface area contributed by atoms with E-state index in [2.05, 4.69) is 15.2 Å². The molecular weight excluding hydrogens is 316 g/mol. The van der Waals surface area contributed by atoms with Gasteiger partial charge >= 0.3 is 0 Å². The van der Waals surface area contributed by atoms with Gasteiger partial charge in [-0.3, -0.25) is 0 Å². The third-order valence-electron chi connectivity index (χ3n) is 4.55. The molecule has 3 rings (SSSR count). The molecule has 128 valence electrons. The normalized spacial score (nSPS) is 24.0. The van der Waals surface area contributed by atoms with Crippen molar-refractivity contribution in [3.63, 3.8) is 0 Å². The van der Waals surface area contributed by atoms with E-state index in [9.17, 15) is 8.42 Å². The van der Waals surface area contributed by atoms with Crippen molar-refractivity contribution >= 4 is 15.8 Å². The lowest BCUT2D eigenvalue weighted by Gasteiger charge is -2.34. The molecule has 2 fully saturated rings. The number of primary sulfonamides is 1. The topological polar surface area (TPSA) is 97.6 Å². The lowest BCUT2D eigenvalue weighted by Crippen LogP contribution is -2.41. The SMILES string of the molecule is NS(=O)(=O)c1cccnc1NC1CCN(CC2CCOC2)CC1. The molecule has 1 atom stereocenters. The van der Waals surface area contributed by atoms with Crippen LogP contribution in [0.25, 0.3) is 0 Å². The van der Waals surface area contributed by atoms with Crippen molar-refractivity contribution in [1.29, 1.82) is 0 Å². The molecule has 0 amide bonds. The molecule has 0 saturated carbocycles. The Morgan fingerprint density at radius 2 is 2.13 bits per heavy atom. The van der Waals surface area contributed by atoms with Crippen LogP contribution in [0.1, 0.15) is 19.3 Å². The van der Waals surface area contributed by atoms with E-state index in [1.165, 1.54) is 6.07 Å². The number of pyridine rings is 1. The van der Waals surface area contributed by atoms with E-state index in [0.29, 0.717) is 11.7 Å². The molecule has 0 bridgehead atoms. The first-order chi connectivity index (χ1) is 11.0. The summed E-state index contributed by atoms with van der Waals surface area (Å²) >= 11 is 0. The van der Waals surface area contributed by atoms with E-state index in [4.69, 9.17) is 9.88 Å². The maximum atomic E-state index is 11.6. The minimum absolute atomic E-state index is 0.0607. The van der Waals surface area contributed by atoms with Gasteiger partial charge in [-0.1, -0.05) is 0 Å². The highest BCUT2D eigenvalue weighted by molar-refractivity contribution is 7.89. The van der Waals surface area contributed by atoms with Gasteiger partial charge in [0.15, 0.2) is 0 Å². The summed E-state index contributed by atoms with van der Waals surface area (Å²) in [5, 5.41) is 8.50. The van der Waals surface area contributed by atoms with Gasteiger partial charge in [-0.05, 0) is 37.3 Å². The molecule has 23 heavy (non-hydrogen) atoms. The smallest absolute Gasteiger partial charge is 0.241 e. The number of sulfonamides is 1. The summed E-state index contributed by atoms with van der Waals surface area (Å²) in [6, 6.07) is 3.29. The Balaban J connectivity index is 1.55. The first-order valence-electron chi connectivity index (χ1n) is 8.07. The van der Waals surface area contributed by atoms with Crippen molar-refractivity contribution < 1.29 is 13.2 Å². The molecule has 1 aromatic heterocycles. The fraction of sp³-hybridized carbons (Fsp3) is 0.667.